The zero-order valence-electron chi connectivity index (χ0n) is 9.99. The maximum absolute atomic E-state index is 4.43. The summed E-state index contributed by atoms with van der Waals surface area (Å²) in [5.41, 5.74) is 3.14. The molecule has 2 unspecified atom stereocenters. The van der Waals surface area contributed by atoms with Crippen LogP contribution in [-0.4, -0.2) is 11.5 Å². The summed E-state index contributed by atoms with van der Waals surface area (Å²) in [6.07, 6.45) is 3.69. The molecule has 86 valence electrons. The first-order valence-electron chi connectivity index (χ1n) is 5.91. The highest BCUT2D eigenvalue weighted by Crippen LogP contribution is 2.25. The van der Waals surface area contributed by atoms with Gasteiger partial charge in [0.2, 0.25) is 0 Å². The van der Waals surface area contributed by atoms with E-state index in [1.54, 1.807) is 11.3 Å². The third kappa shape index (κ3) is 3.92. The van der Waals surface area contributed by atoms with Crippen molar-refractivity contribution >= 4 is 11.3 Å². The molecular weight excluding hydrogens is 204 g/mol. The third-order valence-electron chi connectivity index (χ3n) is 2.70. The number of nitrogens with zero attached hydrogens (tertiary/aromatic N) is 1. The Bertz CT molecular complexity index is 246. The van der Waals surface area contributed by atoms with E-state index in [4.69, 9.17) is 0 Å². The van der Waals surface area contributed by atoms with Crippen molar-refractivity contribution < 1.29 is 0 Å². The Labute approximate surface area is 97.1 Å². The zero-order chi connectivity index (χ0) is 11.1. The summed E-state index contributed by atoms with van der Waals surface area (Å²) in [7, 11) is 0. The van der Waals surface area contributed by atoms with Gasteiger partial charge in [0.15, 0.2) is 0 Å². The predicted octanol–water partition coefficient (Wildman–Crippen LogP) is 3.62. The lowest BCUT2D eigenvalue weighted by molar-refractivity contribution is 0.358. The quantitative estimate of drug-likeness (QED) is 0.768. The van der Waals surface area contributed by atoms with Crippen LogP contribution in [0.15, 0.2) is 10.9 Å². The van der Waals surface area contributed by atoms with Crippen molar-refractivity contribution in [2.45, 2.75) is 46.1 Å². The summed E-state index contributed by atoms with van der Waals surface area (Å²) in [5.74, 6) is 0.670. The van der Waals surface area contributed by atoms with Crippen LogP contribution in [0.5, 0.6) is 0 Å². The summed E-state index contributed by atoms with van der Waals surface area (Å²) >= 11 is 1.69. The smallest absolute Gasteiger partial charge is 0.0795 e. The molecule has 0 saturated heterocycles. The first kappa shape index (κ1) is 12.7. The molecule has 15 heavy (non-hydrogen) atoms. The van der Waals surface area contributed by atoms with Crippen molar-refractivity contribution in [2.24, 2.45) is 5.92 Å². The fourth-order valence-corrected chi connectivity index (χ4v) is 2.48. The molecule has 0 amide bonds. The Morgan fingerprint density at radius 1 is 1.40 bits per heavy atom. The normalized spacial score (nSPS) is 15.1. The van der Waals surface area contributed by atoms with Gasteiger partial charge >= 0.3 is 0 Å². The van der Waals surface area contributed by atoms with Gasteiger partial charge in [0.1, 0.15) is 0 Å². The molecule has 0 aliphatic heterocycles. The number of nitrogens with one attached hydrogen (secondary N) is 1. The van der Waals surface area contributed by atoms with E-state index in [0.29, 0.717) is 12.0 Å². The first-order valence-corrected chi connectivity index (χ1v) is 6.85. The summed E-state index contributed by atoms with van der Waals surface area (Å²) < 4.78 is 0. The van der Waals surface area contributed by atoms with Gasteiger partial charge in [-0.2, -0.15) is 0 Å². The van der Waals surface area contributed by atoms with E-state index in [0.717, 1.165) is 6.54 Å². The molecular formula is C12H22N2S. The molecule has 0 radical (unpaired) electrons. The Balaban J connectivity index is 2.60. The second-order valence-electron chi connectivity index (χ2n) is 4.11. The van der Waals surface area contributed by atoms with Gasteiger partial charge in [0.05, 0.1) is 17.2 Å². The van der Waals surface area contributed by atoms with Crippen LogP contribution >= 0.6 is 11.3 Å². The molecule has 0 bridgehead atoms. The van der Waals surface area contributed by atoms with Gasteiger partial charge in [0.25, 0.3) is 0 Å². The molecule has 0 fully saturated rings. The number of rotatable bonds is 7. The van der Waals surface area contributed by atoms with E-state index in [-0.39, 0.29) is 0 Å². The van der Waals surface area contributed by atoms with Crippen molar-refractivity contribution in [3.8, 4) is 0 Å². The van der Waals surface area contributed by atoms with Gasteiger partial charge in [-0.25, -0.2) is 4.98 Å². The molecule has 1 aromatic rings. The second-order valence-corrected chi connectivity index (χ2v) is 4.83. The summed E-state index contributed by atoms with van der Waals surface area (Å²) in [6.45, 7) is 7.84. The van der Waals surface area contributed by atoms with E-state index in [9.17, 15) is 0 Å². The van der Waals surface area contributed by atoms with E-state index in [1.807, 2.05) is 5.51 Å². The molecule has 3 heteroatoms. The Morgan fingerprint density at radius 3 is 2.73 bits per heavy atom. The highest BCUT2D eigenvalue weighted by Gasteiger charge is 2.19. The molecule has 0 aliphatic carbocycles. The van der Waals surface area contributed by atoms with E-state index in [1.165, 1.54) is 25.0 Å². The van der Waals surface area contributed by atoms with Crippen molar-refractivity contribution in [1.29, 1.82) is 0 Å². The van der Waals surface area contributed by atoms with Crippen LogP contribution in [0.25, 0.3) is 0 Å². The lowest BCUT2D eigenvalue weighted by atomic mass is 9.95. The molecule has 0 spiro atoms. The van der Waals surface area contributed by atoms with Crippen molar-refractivity contribution in [1.82, 2.24) is 10.3 Å². The molecule has 1 rings (SSSR count). The van der Waals surface area contributed by atoms with Crippen molar-refractivity contribution in [2.75, 3.05) is 6.54 Å². The average molecular weight is 226 g/mol. The lowest BCUT2D eigenvalue weighted by Crippen LogP contribution is -2.28. The second kappa shape index (κ2) is 6.96. The van der Waals surface area contributed by atoms with Gasteiger partial charge < -0.3 is 5.32 Å². The Morgan fingerprint density at radius 2 is 2.20 bits per heavy atom. The van der Waals surface area contributed by atoms with Crippen LogP contribution in [-0.2, 0) is 0 Å². The molecule has 1 N–H and O–H groups in total. The Kier molecular flexibility index (Phi) is 5.88. The van der Waals surface area contributed by atoms with Crippen LogP contribution < -0.4 is 5.32 Å². The minimum atomic E-state index is 0.441. The van der Waals surface area contributed by atoms with Gasteiger partial charge in [-0.15, -0.1) is 11.3 Å². The lowest BCUT2D eigenvalue weighted by Gasteiger charge is -2.23. The van der Waals surface area contributed by atoms with E-state index < -0.39 is 0 Å². The molecule has 2 atom stereocenters. The molecule has 0 aliphatic rings. The van der Waals surface area contributed by atoms with Crippen molar-refractivity contribution in [3.05, 3.63) is 16.6 Å². The molecule has 2 nitrogen and oxygen atoms in total. The molecule has 1 aromatic heterocycles. The summed E-state index contributed by atoms with van der Waals surface area (Å²) in [4.78, 5) is 4.43. The fraction of sp³-hybridized carbons (Fsp3) is 0.750. The zero-order valence-corrected chi connectivity index (χ0v) is 10.8. The van der Waals surface area contributed by atoms with Crippen LogP contribution in [0.3, 0.4) is 0 Å². The van der Waals surface area contributed by atoms with E-state index >= 15 is 0 Å². The van der Waals surface area contributed by atoms with Crippen molar-refractivity contribution in [3.63, 3.8) is 0 Å². The topological polar surface area (TPSA) is 24.9 Å². The van der Waals surface area contributed by atoms with Gasteiger partial charge in [-0.05, 0) is 25.3 Å². The van der Waals surface area contributed by atoms with Gasteiger partial charge in [-0.3, -0.25) is 0 Å². The van der Waals surface area contributed by atoms with E-state index in [2.05, 4.69) is 36.5 Å². The highest BCUT2D eigenvalue weighted by molar-refractivity contribution is 7.07. The predicted molar refractivity (Wildman–Crippen MR) is 67.2 cm³/mol. The minimum Gasteiger partial charge on any atom is -0.308 e. The number of aromatic nitrogens is 1. The number of thiazole rings is 1. The summed E-state index contributed by atoms with van der Waals surface area (Å²) in [6, 6.07) is 0.441. The maximum Gasteiger partial charge on any atom is 0.0795 e. The molecule has 0 saturated carbocycles. The van der Waals surface area contributed by atoms with Gasteiger partial charge in [-0.1, -0.05) is 27.2 Å². The minimum absolute atomic E-state index is 0.441. The molecule has 1 heterocycles. The fourth-order valence-electron chi connectivity index (χ4n) is 1.89. The SMILES string of the molecule is CCCNC(c1cscn1)C(C)CCC. The monoisotopic (exact) mass is 226 g/mol. The average Bonchev–Trinajstić information content (AvgIpc) is 2.72. The Hall–Kier alpha value is -0.410. The van der Waals surface area contributed by atoms with Crippen LogP contribution in [0, 0.1) is 5.92 Å². The first-order chi connectivity index (χ1) is 7.29. The van der Waals surface area contributed by atoms with Crippen LogP contribution in [0.4, 0.5) is 0 Å². The third-order valence-corrected chi connectivity index (χ3v) is 3.30. The van der Waals surface area contributed by atoms with Crippen LogP contribution in [0.1, 0.15) is 51.8 Å². The molecule has 0 aromatic carbocycles. The maximum atomic E-state index is 4.43. The standard InChI is InChI=1S/C12H22N2S/c1-4-6-10(3)12(13-7-5-2)11-8-15-9-14-11/h8-10,12-13H,4-7H2,1-3H3. The highest BCUT2D eigenvalue weighted by atomic mass is 32.1. The number of hydrogen-bond donors (Lipinski definition) is 1. The largest absolute Gasteiger partial charge is 0.308 e. The number of hydrogen-bond acceptors (Lipinski definition) is 3. The van der Waals surface area contributed by atoms with Crippen LogP contribution in [0.2, 0.25) is 0 Å². The summed E-state index contributed by atoms with van der Waals surface area (Å²) in [5, 5.41) is 5.77. The van der Waals surface area contributed by atoms with Gasteiger partial charge in [0, 0.05) is 5.38 Å².